The number of ether oxygens (including phenoxy) is 2. The monoisotopic (exact) mass is 586 g/mol. The van der Waals surface area contributed by atoms with E-state index in [0.29, 0.717) is 0 Å². The van der Waals surface area contributed by atoms with Gasteiger partial charge in [-0.05, 0) is 6.42 Å². The van der Waals surface area contributed by atoms with Crippen LogP contribution in [0.1, 0.15) is 13.3 Å². The van der Waals surface area contributed by atoms with Crippen LogP contribution < -0.4 is 0 Å². The minimum absolute atomic E-state index is 0.221. The topological polar surface area (TPSA) is 99.4 Å². The van der Waals surface area contributed by atoms with E-state index >= 15 is 0 Å². The zero-order valence-electron chi connectivity index (χ0n) is 14.1. The van der Waals surface area contributed by atoms with Crippen LogP contribution in [0.3, 0.4) is 0 Å². The van der Waals surface area contributed by atoms with Gasteiger partial charge in [-0.1, -0.05) is 111 Å². The molecule has 0 aromatic carbocycles. The zero-order chi connectivity index (χ0) is 22.5. The highest BCUT2D eigenvalue weighted by Crippen LogP contribution is 2.37. The fraction of sp³-hybridized carbons (Fsp3) is 1.00. The van der Waals surface area contributed by atoms with E-state index in [0.717, 1.165) is 0 Å². The zero-order valence-corrected chi connectivity index (χ0v) is 20.9. The van der Waals surface area contributed by atoms with Crippen molar-refractivity contribution >= 4 is 104 Å². The molecule has 0 heterocycles. The summed E-state index contributed by atoms with van der Waals surface area (Å²) in [6.07, 6.45) is -8.73. The molecular weight excluding hydrogens is 571 g/mol. The SMILES string of the molecule is CCC(OCC(O)C(O)C(Cl)(Cl)Cl)C(OCC(O)C(O)C(Cl)(Cl)Cl)C(Cl)(Cl)Cl. The molecule has 0 aliphatic carbocycles. The van der Waals surface area contributed by atoms with Gasteiger partial charge < -0.3 is 29.9 Å². The van der Waals surface area contributed by atoms with Gasteiger partial charge in [-0.2, -0.15) is 0 Å². The average Bonchev–Trinajstić information content (AvgIpc) is 2.52. The van der Waals surface area contributed by atoms with Gasteiger partial charge in [-0.25, -0.2) is 0 Å². The Hall–Kier alpha value is 2.37. The summed E-state index contributed by atoms with van der Waals surface area (Å²) >= 11 is 50.7. The van der Waals surface area contributed by atoms with Crippen molar-refractivity contribution in [1.29, 1.82) is 0 Å². The molecule has 0 aliphatic rings. The smallest absolute Gasteiger partial charge is 0.218 e. The molecule has 0 rings (SSSR count). The third-order valence-electron chi connectivity index (χ3n) is 3.39. The van der Waals surface area contributed by atoms with Crippen LogP contribution in [0.15, 0.2) is 0 Å². The highest BCUT2D eigenvalue weighted by atomic mass is 35.6. The number of halogens is 9. The minimum atomic E-state index is -2.17. The molecule has 0 aromatic rings. The van der Waals surface area contributed by atoms with Gasteiger partial charge in [0.1, 0.15) is 30.5 Å². The summed E-state index contributed by atoms with van der Waals surface area (Å²) in [6.45, 7) is 0.585. The van der Waals surface area contributed by atoms with Crippen LogP contribution in [0.25, 0.3) is 0 Å². The highest BCUT2D eigenvalue weighted by Gasteiger charge is 2.43. The van der Waals surface area contributed by atoms with Crippen molar-refractivity contribution in [2.45, 2.75) is 61.3 Å². The van der Waals surface area contributed by atoms with Gasteiger partial charge >= 0.3 is 0 Å². The van der Waals surface area contributed by atoms with Crippen LogP contribution in [0.5, 0.6) is 0 Å². The summed E-state index contributed by atoms with van der Waals surface area (Å²) < 4.78 is 4.45. The molecule has 6 unspecified atom stereocenters. The van der Waals surface area contributed by atoms with E-state index in [-0.39, 0.29) is 6.42 Å². The Bertz CT molecular complexity index is 453. The summed E-state index contributed by atoms with van der Waals surface area (Å²) in [5.74, 6) is 0. The lowest BCUT2D eigenvalue weighted by Gasteiger charge is -2.34. The highest BCUT2D eigenvalue weighted by molar-refractivity contribution is 6.69. The predicted octanol–water partition coefficient (Wildman–Crippen LogP) is 3.72. The standard InChI is InChI=1S/C13H19Cl9O6/c1-2-7(27-3-5(23)8(25)11(14,15)16)10(13(20,21)22)28-4-6(24)9(26)12(17,18)19/h5-10,23-26H,2-4H2,1H3. The molecule has 0 aromatic heterocycles. The Morgan fingerprint density at radius 2 is 1.00 bits per heavy atom. The second-order valence-electron chi connectivity index (χ2n) is 5.68. The lowest BCUT2D eigenvalue weighted by atomic mass is 10.1. The Morgan fingerprint density at radius 3 is 1.29 bits per heavy atom. The maximum Gasteiger partial charge on any atom is 0.218 e. The molecule has 0 fully saturated rings. The van der Waals surface area contributed by atoms with Crippen molar-refractivity contribution in [3.63, 3.8) is 0 Å². The maximum atomic E-state index is 9.89. The number of aliphatic hydroxyl groups is 4. The first-order valence-electron chi connectivity index (χ1n) is 7.58. The summed E-state index contributed by atoms with van der Waals surface area (Å²) in [5.41, 5.74) is 0. The molecule has 4 N–H and O–H groups in total. The molecule has 0 saturated carbocycles. The molecular formula is C13H19Cl9O6. The molecule has 0 saturated heterocycles. The van der Waals surface area contributed by atoms with Gasteiger partial charge in [0.25, 0.3) is 0 Å². The van der Waals surface area contributed by atoms with Gasteiger partial charge in [0.2, 0.25) is 11.4 Å². The molecule has 0 spiro atoms. The van der Waals surface area contributed by atoms with Crippen LogP contribution in [-0.4, -0.2) is 81.6 Å². The molecule has 28 heavy (non-hydrogen) atoms. The van der Waals surface area contributed by atoms with E-state index < -0.39 is 61.2 Å². The molecule has 0 amide bonds. The fourth-order valence-electron chi connectivity index (χ4n) is 1.87. The first kappa shape index (κ1) is 30.4. The largest absolute Gasteiger partial charge is 0.388 e. The van der Waals surface area contributed by atoms with E-state index in [2.05, 4.69) is 0 Å². The van der Waals surface area contributed by atoms with E-state index in [9.17, 15) is 20.4 Å². The molecule has 0 radical (unpaired) electrons. The Balaban J connectivity index is 5.06. The van der Waals surface area contributed by atoms with E-state index in [1.165, 1.54) is 0 Å². The van der Waals surface area contributed by atoms with Gasteiger partial charge in [0, 0.05) is 0 Å². The molecule has 6 nitrogen and oxygen atoms in total. The fourth-order valence-corrected chi connectivity index (χ4v) is 3.36. The quantitative estimate of drug-likeness (QED) is 0.290. The van der Waals surface area contributed by atoms with E-state index in [1.54, 1.807) is 6.92 Å². The lowest BCUT2D eigenvalue weighted by molar-refractivity contribution is -0.127. The third kappa shape index (κ3) is 10.8. The lowest BCUT2D eigenvalue weighted by Crippen LogP contribution is -2.48. The van der Waals surface area contributed by atoms with Crippen LogP contribution >= 0.6 is 104 Å². The minimum Gasteiger partial charge on any atom is -0.388 e. The molecule has 6 atom stereocenters. The molecule has 0 bridgehead atoms. The van der Waals surface area contributed by atoms with Gasteiger partial charge in [-0.3, -0.25) is 0 Å². The van der Waals surface area contributed by atoms with Gasteiger partial charge in [0.15, 0.2) is 0 Å². The van der Waals surface area contributed by atoms with Crippen molar-refractivity contribution in [3.8, 4) is 0 Å². The van der Waals surface area contributed by atoms with Crippen LogP contribution in [0.4, 0.5) is 0 Å². The first-order chi connectivity index (χ1) is 12.4. The first-order valence-corrected chi connectivity index (χ1v) is 11.0. The Kier molecular flexibility index (Phi) is 13.6. The van der Waals surface area contributed by atoms with Crippen molar-refractivity contribution in [1.82, 2.24) is 0 Å². The van der Waals surface area contributed by atoms with Gasteiger partial charge in [-0.15, -0.1) is 0 Å². The third-order valence-corrected chi connectivity index (χ3v) is 5.38. The van der Waals surface area contributed by atoms with Crippen LogP contribution in [0, 0.1) is 0 Å². The number of rotatable bonds is 10. The summed E-state index contributed by atoms with van der Waals surface area (Å²) in [5, 5.41) is 39.2. The second kappa shape index (κ2) is 12.6. The molecule has 15 heteroatoms. The van der Waals surface area contributed by atoms with Gasteiger partial charge in [0.05, 0.1) is 19.3 Å². The number of alkyl halides is 9. The normalized spacial score (nSPS) is 20.4. The van der Waals surface area contributed by atoms with Crippen LogP contribution in [0.2, 0.25) is 0 Å². The summed E-state index contributed by atoms with van der Waals surface area (Å²) in [7, 11) is 0. The second-order valence-corrected chi connectivity index (χ2v) is 12.8. The van der Waals surface area contributed by atoms with Crippen molar-refractivity contribution in [2.75, 3.05) is 13.2 Å². The average molecular weight is 590 g/mol. The predicted molar refractivity (Wildman–Crippen MR) is 115 cm³/mol. The number of aliphatic hydroxyl groups excluding tert-OH is 4. The van der Waals surface area contributed by atoms with Crippen LogP contribution in [-0.2, 0) is 9.47 Å². The molecule has 170 valence electrons. The maximum absolute atomic E-state index is 9.89. The van der Waals surface area contributed by atoms with Crippen molar-refractivity contribution < 1.29 is 29.9 Å². The Morgan fingerprint density at radius 1 is 0.643 bits per heavy atom. The van der Waals surface area contributed by atoms with E-state index in [1.807, 2.05) is 0 Å². The molecule has 0 aliphatic heterocycles. The summed E-state index contributed by atoms with van der Waals surface area (Å²) in [6, 6.07) is 0. The van der Waals surface area contributed by atoms with E-state index in [4.69, 9.17) is 114 Å². The number of hydrogen-bond acceptors (Lipinski definition) is 6. The number of hydrogen-bond donors (Lipinski definition) is 4. The Labute approximate surface area is 207 Å². The summed E-state index contributed by atoms with van der Waals surface area (Å²) in [4.78, 5) is 0. The van der Waals surface area contributed by atoms with Crippen molar-refractivity contribution in [3.05, 3.63) is 0 Å². The van der Waals surface area contributed by atoms with Crippen molar-refractivity contribution in [2.24, 2.45) is 0 Å².